The number of fused-ring (bicyclic) bond motifs is 1. The highest BCUT2D eigenvalue weighted by atomic mass is 16.1. The van der Waals surface area contributed by atoms with Crippen LogP contribution in [-0.4, -0.2) is 24.0 Å². The summed E-state index contributed by atoms with van der Waals surface area (Å²) in [7, 11) is 0. The molecule has 0 saturated heterocycles. The van der Waals surface area contributed by atoms with Gasteiger partial charge in [-0.1, -0.05) is 19.9 Å². The molecule has 1 atom stereocenters. The molecule has 1 unspecified atom stereocenters. The number of carbonyl (C=O) groups excluding carboxylic acids is 1. The van der Waals surface area contributed by atoms with Gasteiger partial charge in [0, 0.05) is 24.0 Å². The smallest absolute Gasteiger partial charge is 0.228 e. The first-order valence-corrected chi connectivity index (χ1v) is 6.99. The van der Waals surface area contributed by atoms with E-state index in [1.54, 1.807) is 6.20 Å². The summed E-state index contributed by atoms with van der Waals surface area (Å²) >= 11 is 0. The summed E-state index contributed by atoms with van der Waals surface area (Å²) < 4.78 is 0. The number of pyridine rings is 1. The van der Waals surface area contributed by atoms with E-state index in [-0.39, 0.29) is 11.8 Å². The number of benzene rings is 1. The molecule has 1 heterocycles. The van der Waals surface area contributed by atoms with Crippen LogP contribution in [0, 0.1) is 12.8 Å². The molecule has 0 spiro atoms. The fraction of sp³-hybridized carbons (Fsp3) is 0.375. The molecule has 0 aliphatic rings. The second-order valence-corrected chi connectivity index (χ2v) is 5.03. The number of carbonyl (C=O) groups is 1. The molecule has 4 heteroatoms. The van der Waals surface area contributed by atoms with E-state index in [0.717, 1.165) is 28.7 Å². The average molecular weight is 271 g/mol. The lowest BCUT2D eigenvalue weighted by Crippen LogP contribution is -2.30. The number of rotatable bonds is 5. The molecule has 106 valence electrons. The normalized spacial score (nSPS) is 12.3. The third kappa shape index (κ3) is 3.14. The number of amides is 1. The van der Waals surface area contributed by atoms with E-state index < -0.39 is 0 Å². The van der Waals surface area contributed by atoms with Gasteiger partial charge < -0.3 is 10.6 Å². The van der Waals surface area contributed by atoms with E-state index in [1.807, 2.05) is 45.0 Å². The molecule has 0 aliphatic heterocycles. The zero-order valence-electron chi connectivity index (χ0n) is 12.2. The van der Waals surface area contributed by atoms with Crippen molar-refractivity contribution in [3.05, 3.63) is 36.0 Å². The first-order valence-electron chi connectivity index (χ1n) is 6.99. The minimum Gasteiger partial charge on any atom is -0.325 e. The van der Waals surface area contributed by atoms with Gasteiger partial charge in [-0.15, -0.1) is 0 Å². The summed E-state index contributed by atoms with van der Waals surface area (Å²) in [6.07, 6.45) is 1.77. The highest BCUT2D eigenvalue weighted by molar-refractivity contribution is 6.02. The lowest BCUT2D eigenvalue weighted by molar-refractivity contribution is -0.119. The highest BCUT2D eigenvalue weighted by Gasteiger charge is 2.14. The monoisotopic (exact) mass is 271 g/mol. The van der Waals surface area contributed by atoms with Crippen molar-refractivity contribution >= 4 is 22.5 Å². The average Bonchev–Trinajstić information content (AvgIpc) is 2.47. The number of aromatic nitrogens is 1. The number of aryl methyl sites for hydroxylation is 1. The number of anilines is 1. The Morgan fingerprint density at radius 2 is 2.15 bits per heavy atom. The molecule has 1 amide bonds. The van der Waals surface area contributed by atoms with Gasteiger partial charge >= 0.3 is 0 Å². The fourth-order valence-corrected chi connectivity index (χ4v) is 2.13. The largest absolute Gasteiger partial charge is 0.325 e. The van der Waals surface area contributed by atoms with E-state index in [9.17, 15) is 4.79 Å². The topological polar surface area (TPSA) is 54.0 Å². The lowest BCUT2D eigenvalue weighted by atomic mass is 10.1. The molecule has 2 rings (SSSR count). The van der Waals surface area contributed by atoms with Crippen LogP contribution in [0.15, 0.2) is 30.5 Å². The summed E-state index contributed by atoms with van der Waals surface area (Å²) in [5.41, 5.74) is 2.87. The van der Waals surface area contributed by atoms with Crippen LogP contribution in [0.5, 0.6) is 0 Å². The second kappa shape index (κ2) is 6.48. The Kier molecular flexibility index (Phi) is 4.69. The summed E-state index contributed by atoms with van der Waals surface area (Å²) in [6.45, 7) is 7.53. The second-order valence-electron chi connectivity index (χ2n) is 5.03. The predicted molar refractivity (Wildman–Crippen MR) is 82.8 cm³/mol. The molecule has 0 aliphatic carbocycles. The van der Waals surface area contributed by atoms with Crippen molar-refractivity contribution in [2.45, 2.75) is 20.8 Å². The number of hydrogen-bond donors (Lipinski definition) is 2. The van der Waals surface area contributed by atoms with Crippen LogP contribution in [-0.2, 0) is 4.79 Å². The van der Waals surface area contributed by atoms with Gasteiger partial charge in [-0.2, -0.15) is 0 Å². The SMILES string of the molecule is CCNCC(C)C(=O)Nc1ccc(C)c2ncccc12. The van der Waals surface area contributed by atoms with Gasteiger partial charge in [-0.05, 0) is 37.2 Å². The molecule has 1 aromatic carbocycles. The Bertz CT molecular complexity index is 610. The van der Waals surface area contributed by atoms with Crippen molar-refractivity contribution in [3.8, 4) is 0 Å². The van der Waals surface area contributed by atoms with Crippen LogP contribution in [0.4, 0.5) is 5.69 Å². The van der Waals surface area contributed by atoms with Gasteiger partial charge in [0.1, 0.15) is 0 Å². The van der Waals surface area contributed by atoms with Crippen LogP contribution < -0.4 is 10.6 Å². The van der Waals surface area contributed by atoms with Crippen LogP contribution >= 0.6 is 0 Å². The first kappa shape index (κ1) is 14.5. The first-order chi connectivity index (χ1) is 9.63. The lowest BCUT2D eigenvalue weighted by Gasteiger charge is -2.14. The van der Waals surface area contributed by atoms with Crippen molar-refractivity contribution in [3.63, 3.8) is 0 Å². The van der Waals surface area contributed by atoms with Gasteiger partial charge in [0.05, 0.1) is 11.2 Å². The third-order valence-corrected chi connectivity index (χ3v) is 3.38. The summed E-state index contributed by atoms with van der Waals surface area (Å²) in [6, 6.07) is 7.80. The van der Waals surface area contributed by atoms with Gasteiger partial charge in [-0.3, -0.25) is 9.78 Å². The maximum Gasteiger partial charge on any atom is 0.228 e. The standard InChI is InChI=1S/C16H21N3O/c1-4-17-10-12(3)16(20)19-14-8-7-11(2)15-13(14)6-5-9-18-15/h5-9,12,17H,4,10H2,1-3H3,(H,19,20). The van der Waals surface area contributed by atoms with Crippen molar-refractivity contribution < 1.29 is 4.79 Å². The van der Waals surface area contributed by atoms with Crippen molar-refractivity contribution in [2.75, 3.05) is 18.4 Å². The Labute approximate surface area is 119 Å². The quantitative estimate of drug-likeness (QED) is 0.879. The van der Waals surface area contributed by atoms with E-state index in [4.69, 9.17) is 0 Å². The predicted octanol–water partition coefficient (Wildman–Crippen LogP) is 2.73. The molecule has 20 heavy (non-hydrogen) atoms. The molecule has 0 fully saturated rings. The van der Waals surface area contributed by atoms with Crippen LogP contribution in [0.3, 0.4) is 0 Å². The number of nitrogens with zero attached hydrogens (tertiary/aromatic N) is 1. The summed E-state index contributed by atoms with van der Waals surface area (Å²) in [5.74, 6) is -0.0390. The zero-order chi connectivity index (χ0) is 14.5. The molecule has 1 aromatic heterocycles. The van der Waals surface area contributed by atoms with Crippen LogP contribution in [0.25, 0.3) is 10.9 Å². The molecule has 0 bridgehead atoms. The van der Waals surface area contributed by atoms with E-state index >= 15 is 0 Å². The minimum absolute atomic E-state index is 0.0277. The summed E-state index contributed by atoms with van der Waals surface area (Å²) in [4.78, 5) is 16.6. The molecule has 4 nitrogen and oxygen atoms in total. The molecule has 2 N–H and O–H groups in total. The highest BCUT2D eigenvalue weighted by Crippen LogP contribution is 2.24. The Morgan fingerprint density at radius 1 is 1.35 bits per heavy atom. The Balaban J connectivity index is 2.22. The van der Waals surface area contributed by atoms with Crippen molar-refractivity contribution in [1.82, 2.24) is 10.3 Å². The molecular formula is C16H21N3O. The van der Waals surface area contributed by atoms with Gasteiger partial charge in [0.2, 0.25) is 5.91 Å². The molecule has 0 radical (unpaired) electrons. The number of hydrogen-bond acceptors (Lipinski definition) is 3. The molecular weight excluding hydrogens is 250 g/mol. The van der Waals surface area contributed by atoms with Gasteiger partial charge in [0.25, 0.3) is 0 Å². The van der Waals surface area contributed by atoms with Gasteiger partial charge in [0.15, 0.2) is 0 Å². The fourth-order valence-electron chi connectivity index (χ4n) is 2.13. The van der Waals surface area contributed by atoms with E-state index in [1.165, 1.54) is 0 Å². The minimum atomic E-state index is -0.0667. The molecule has 0 saturated carbocycles. The van der Waals surface area contributed by atoms with Gasteiger partial charge in [-0.25, -0.2) is 0 Å². The van der Waals surface area contributed by atoms with Crippen molar-refractivity contribution in [2.24, 2.45) is 5.92 Å². The maximum atomic E-state index is 12.2. The summed E-state index contributed by atoms with van der Waals surface area (Å²) in [5, 5.41) is 7.17. The van der Waals surface area contributed by atoms with E-state index in [0.29, 0.717) is 6.54 Å². The zero-order valence-corrected chi connectivity index (χ0v) is 12.2. The van der Waals surface area contributed by atoms with Crippen molar-refractivity contribution in [1.29, 1.82) is 0 Å². The maximum absolute atomic E-state index is 12.2. The molecule has 2 aromatic rings. The third-order valence-electron chi connectivity index (χ3n) is 3.38. The van der Waals surface area contributed by atoms with E-state index in [2.05, 4.69) is 15.6 Å². The van der Waals surface area contributed by atoms with Crippen LogP contribution in [0.1, 0.15) is 19.4 Å². The Morgan fingerprint density at radius 3 is 2.90 bits per heavy atom. The number of nitrogens with one attached hydrogen (secondary N) is 2. The van der Waals surface area contributed by atoms with Crippen LogP contribution in [0.2, 0.25) is 0 Å². The Hall–Kier alpha value is -1.94.